The quantitative estimate of drug-likeness (QED) is 0.786. The van der Waals surface area contributed by atoms with Gasteiger partial charge in [-0.25, -0.2) is 4.98 Å². The van der Waals surface area contributed by atoms with Gasteiger partial charge in [-0.2, -0.15) is 0 Å². The Bertz CT molecular complexity index is 694. The number of piperidine rings is 2. The average Bonchev–Trinajstić information content (AvgIpc) is 3.38. The fraction of sp³-hybridized carbons (Fsp3) is 0.773. The second kappa shape index (κ2) is 8.66. The molecule has 6 nitrogen and oxygen atoms in total. The van der Waals surface area contributed by atoms with Crippen LogP contribution in [-0.2, 0) is 4.79 Å². The van der Waals surface area contributed by atoms with Gasteiger partial charge in [-0.05, 0) is 57.8 Å². The van der Waals surface area contributed by atoms with E-state index in [1.54, 1.807) is 0 Å². The first-order valence-electron chi connectivity index (χ1n) is 11.2. The van der Waals surface area contributed by atoms with Gasteiger partial charge in [0.2, 0.25) is 5.91 Å². The first-order chi connectivity index (χ1) is 13.6. The molecular weight excluding hydrogens is 354 g/mol. The SMILES string of the molecule is Cc1oc(C2CCN(C(=O)CC3CCCC3)CC2)nc1C(=O)N1CCCCC1. The number of likely N-dealkylation sites (tertiary alicyclic amines) is 2. The number of hydrogen-bond donors (Lipinski definition) is 0. The zero-order valence-electron chi connectivity index (χ0n) is 17.1. The zero-order valence-corrected chi connectivity index (χ0v) is 17.1. The minimum absolute atomic E-state index is 0.0105. The Kier molecular flexibility index (Phi) is 6.02. The Balaban J connectivity index is 1.33. The van der Waals surface area contributed by atoms with E-state index in [0.717, 1.165) is 58.3 Å². The van der Waals surface area contributed by atoms with Crippen LogP contribution in [0.1, 0.15) is 92.3 Å². The van der Waals surface area contributed by atoms with Gasteiger partial charge in [-0.1, -0.05) is 12.8 Å². The molecule has 0 N–H and O–H groups in total. The molecule has 0 bridgehead atoms. The second-order valence-electron chi connectivity index (χ2n) is 8.82. The Morgan fingerprint density at radius 3 is 2.29 bits per heavy atom. The van der Waals surface area contributed by atoms with Gasteiger partial charge >= 0.3 is 0 Å². The van der Waals surface area contributed by atoms with E-state index in [-0.39, 0.29) is 11.8 Å². The van der Waals surface area contributed by atoms with Crippen LogP contribution >= 0.6 is 0 Å². The molecule has 1 aromatic heterocycles. The van der Waals surface area contributed by atoms with Crippen molar-refractivity contribution >= 4 is 11.8 Å². The summed E-state index contributed by atoms with van der Waals surface area (Å²) in [5, 5.41) is 0. The topological polar surface area (TPSA) is 66.7 Å². The molecule has 3 fully saturated rings. The van der Waals surface area contributed by atoms with E-state index in [0.29, 0.717) is 29.2 Å². The smallest absolute Gasteiger partial charge is 0.276 e. The molecule has 28 heavy (non-hydrogen) atoms. The van der Waals surface area contributed by atoms with E-state index in [1.807, 2.05) is 16.7 Å². The van der Waals surface area contributed by atoms with E-state index >= 15 is 0 Å². The van der Waals surface area contributed by atoms with Crippen LogP contribution in [0.5, 0.6) is 0 Å². The summed E-state index contributed by atoms with van der Waals surface area (Å²) in [5.74, 6) is 2.44. The van der Waals surface area contributed by atoms with Crippen LogP contribution in [0.25, 0.3) is 0 Å². The molecule has 2 aliphatic heterocycles. The van der Waals surface area contributed by atoms with Crippen LogP contribution in [0.15, 0.2) is 4.42 Å². The molecule has 0 unspecified atom stereocenters. The lowest BCUT2D eigenvalue weighted by atomic mass is 9.95. The Hall–Kier alpha value is -1.85. The summed E-state index contributed by atoms with van der Waals surface area (Å²) in [6, 6.07) is 0. The van der Waals surface area contributed by atoms with Gasteiger partial charge in [-0.3, -0.25) is 9.59 Å². The van der Waals surface area contributed by atoms with Gasteiger partial charge in [0.05, 0.1) is 0 Å². The van der Waals surface area contributed by atoms with E-state index in [4.69, 9.17) is 4.42 Å². The van der Waals surface area contributed by atoms with E-state index in [2.05, 4.69) is 4.98 Å². The van der Waals surface area contributed by atoms with E-state index in [9.17, 15) is 9.59 Å². The lowest BCUT2D eigenvalue weighted by molar-refractivity contribution is -0.133. The van der Waals surface area contributed by atoms with Crippen molar-refractivity contribution in [2.24, 2.45) is 5.92 Å². The summed E-state index contributed by atoms with van der Waals surface area (Å²) in [5.41, 5.74) is 0.483. The number of rotatable bonds is 4. The fourth-order valence-corrected chi connectivity index (χ4v) is 5.00. The summed E-state index contributed by atoms with van der Waals surface area (Å²) in [6.45, 7) is 5.03. The van der Waals surface area contributed by atoms with Crippen molar-refractivity contribution < 1.29 is 14.0 Å². The number of carbonyl (C=O) groups excluding carboxylic acids is 2. The maximum atomic E-state index is 12.8. The van der Waals surface area contributed by atoms with E-state index < -0.39 is 0 Å². The van der Waals surface area contributed by atoms with Crippen molar-refractivity contribution in [1.29, 1.82) is 0 Å². The van der Waals surface area contributed by atoms with Crippen molar-refractivity contribution in [2.75, 3.05) is 26.2 Å². The summed E-state index contributed by atoms with van der Waals surface area (Å²) in [6.07, 6.45) is 10.8. The molecule has 1 aliphatic carbocycles. The maximum Gasteiger partial charge on any atom is 0.276 e. The first kappa shape index (κ1) is 19.5. The van der Waals surface area contributed by atoms with Crippen LogP contribution in [0, 0.1) is 12.8 Å². The summed E-state index contributed by atoms with van der Waals surface area (Å²) in [7, 11) is 0. The third kappa shape index (κ3) is 4.26. The van der Waals surface area contributed by atoms with Crippen LogP contribution in [0.2, 0.25) is 0 Å². The minimum atomic E-state index is 0.0105. The average molecular weight is 388 g/mol. The van der Waals surface area contributed by atoms with Gasteiger partial charge in [0.1, 0.15) is 5.76 Å². The zero-order chi connectivity index (χ0) is 19.5. The summed E-state index contributed by atoms with van der Waals surface area (Å²) in [4.78, 5) is 33.9. The number of nitrogens with zero attached hydrogens (tertiary/aromatic N) is 3. The number of oxazole rings is 1. The predicted molar refractivity (Wildman–Crippen MR) is 106 cm³/mol. The Labute approximate surface area is 167 Å². The standard InChI is InChI=1S/C22H33N3O3/c1-16-20(22(27)25-11-5-2-6-12-25)23-21(28-16)18-9-13-24(14-10-18)19(26)15-17-7-3-4-8-17/h17-18H,2-15H2,1H3. The molecule has 4 rings (SSSR count). The Morgan fingerprint density at radius 2 is 1.61 bits per heavy atom. The van der Waals surface area contributed by atoms with Gasteiger partial charge in [-0.15, -0.1) is 0 Å². The molecule has 2 amide bonds. The molecule has 0 atom stereocenters. The highest BCUT2D eigenvalue weighted by Gasteiger charge is 2.31. The highest BCUT2D eigenvalue weighted by Crippen LogP contribution is 2.32. The van der Waals surface area contributed by atoms with Crippen molar-refractivity contribution in [2.45, 2.75) is 77.0 Å². The number of aromatic nitrogens is 1. The Morgan fingerprint density at radius 1 is 0.929 bits per heavy atom. The molecule has 6 heteroatoms. The number of hydrogen-bond acceptors (Lipinski definition) is 4. The van der Waals surface area contributed by atoms with Crippen LogP contribution in [-0.4, -0.2) is 52.8 Å². The van der Waals surface area contributed by atoms with Crippen LogP contribution < -0.4 is 0 Å². The normalized spacial score (nSPS) is 22.0. The van der Waals surface area contributed by atoms with Crippen LogP contribution in [0.4, 0.5) is 0 Å². The van der Waals surface area contributed by atoms with Crippen LogP contribution in [0.3, 0.4) is 0 Å². The molecule has 3 heterocycles. The van der Waals surface area contributed by atoms with Crippen molar-refractivity contribution in [3.8, 4) is 0 Å². The van der Waals surface area contributed by atoms with Gasteiger partial charge < -0.3 is 14.2 Å². The monoisotopic (exact) mass is 387 g/mol. The summed E-state index contributed by atoms with van der Waals surface area (Å²) >= 11 is 0. The molecule has 1 saturated carbocycles. The fourth-order valence-electron chi connectivity index (χ4n) is 5.00. The van der Waals surface area contributed by atoms with Crippen molar-refractivity contribution in [3.05, 3.63) is 17.3 Å². The van der Waals surface area contributed by atoms with Gasteiger partial charge in [0.25, 0.3) is 5.91 Å². The molecule has 0 radical (unpaired) electrons. The van der Waals surface area contributed by atoms with E-state index in [1.165, 1.54) is 32.1 Å². The molecular formula is C22H33N3O3. The first-order valence-corrected chi connectivity index (χ1v) is 11.2. The number of aryl methyl sites for hydroxylation is 1. The highest BCUT2D eigenvalue weighted by molar-refractivity contribution is 5.93. The molecule has 0 aromatic carbocycles. The predicted octanol–water partition coefficient (Wildman–Crippen LogP) is 3.90. The van der Waals surface area contributed by atoms with Crippen molar-refractivity contribution in [3.63, 3.8) is 0 Å². The van der Waals surface area contributed by atoms with Gasteiger partial charge in [0.15, 0.2) is 11.6 Å². The third-order valence-electron chi connectivity index (χ3n) is 6.79. The largest absolute Gasteiger partial charge is 0.445 e. The summed E-state index contributed by atoms with van der Waals surface area (Å²) < 4.78 is 5.91. The number of amides is 2. The minimum Gasteiger partial charge on any atom is -0.445 e. The second-order valence-corrected chi connectivity index (χ2v) is 8.82. The highest BCUT2D eigenvalue weighted by atomic mass is 16.4. The lowest BCUT2D eigenvalue weighted by Gasteiger charge is -2.31. The number of carbonyl (C=O) groups is 2. The molecule has 154 valence electrons. The molecule has 2 saturated heterocycles. The third-order valence-corrected chi connectivity index (χ3v) is 6.79. The molecule has 3 aliphatic rings. The molecule has 0 spiro atoms. The maximum absolute atomic E-state index is 12.8. The van der Waals surface area contributed by atoms with Gasteiger partial charge in [0, 0.05) is 38.5 Å². The van der Waals surface area contributed by atoms with Crippen molar-refractivity contribution in [1.82, 2.24) is 14.8 Å². The lowest BCUT2D eigenvalue weighted by Crippen LogP contribution is -2.38. The molecule has 1 aromatic rings.